The van der Waals surface area contributed by atoms with Crippen molar-refractivity contribution in [1.29, 1.82) is 0 Å². The lowest BCUT2D eigenvalue weighted by Gasteiger charge is -2.18. The Balaban J connectivity index is 1.58. The van der Waals surface area contributed by atoms with Gasteiger partial charge in [-0.3, -0.25) is 9.36 Å². The summed E-state index contributed by atoms with van der Waals surface area (Å²) in [5.41, 5.74) is 5.87. The number of aromatic nitrogens is 4. The van der Waals surface area contributed by atoms with E-state index in [1.54, 1.807) is 0 Å². The van der Waals surface area contributed by atoms with Gasteiger partial charge in [-0.1, -0.05) is 81.4 Å². The van der Waals surface area contributed by atoms with E-state index in [1.807, 2.05) is 71.4 Å². The van der Waals surface area contributed by atoms with Crippen molar-refractivity contribution >= 4 is 27.8 Å². The third kappa shape index (κ3) is 4.05. The van der Waals surface area contributed by atoms with Gasteiger partial charge in [0.25, 0.3) is 0 Å². The van der Waals surface area contributed by atoms with Crippen LogP contribution in [0.3, 0.4) is 0 Å². The number of nitrogens with one attached hydrogen (secondary N) is 1. The first-order valence-electron chi connectivity index (χ1n) is 11.2. The van der Waals surface area contributed by atoms with E-state index in [4.69, 9.17) is 0 Å². The number of aromatic amines is 1. The minimum Gasteiger partial charge on any atom is -0.360 e. The molecule has 0 bridgehead atoms. The monoisotopic (exact) mass is 466 g/mol. The average molecular weight is 467 g/mol. The van der Waals surface area contributed by atoms with E-state index in [1.165, 1.54) is 5.56 Å². The van der Waals surface area contributed by atoms with Crippen molar-refractivity contribution in [2.24, 2.45) is 0 Å². The molecule has 0 aliphatic heterocycles. The Labute approximate surface area is 203 Å². The molecule has 5 nitrogen and oxygen atoms in total. The number of nitrogens with zero attached hydrogens (tertiary/aromatic N) is 3. The Hall–Kier alpha value is -3.64. The average Bonchev–Trinajstić information content (AvgIpc) is 3.43. The molecule has 3 aromatic carbocycles. The summed E-state index contributed by atoms with van der Waals surface area (Å²) in [4.78, 5) is 16.5. The number of hydrogen-bond acceptors (Lipinski definition) is 4. The first-order chi connectivity index (χ1) is 16.3. The fourth-order valence-electron chi connectivity index (χ4n) is 4.05. The highest BCUT2D eigenvalue weighted by Gasteiger charge is 2.23. The highest BCUT2D eigenvalue weighted by Crippen LogP contribution is 2.34. The topological polar surface area (TPSA) is 63.6 Å². The Morgan fingerprint density at radius 1 is 0.912 bits per heavy atom. The van der Waals surface area contributed by atoms with Crippen molar-refractivity contribution in [1.82, 2.24) is 19.7 Å². The number of fused-ring (bicyclic) bond motifs is 1. The second-order valence-corrected chi connectivity index (χ2v) is 10.3. The standard InChI is InChI=1S/C28H26N4OS/c1-18-9-5-8-12-24(18)32-25(22-17-29-23-11-7-6-10-21(22)23)30-31-27(32)34-26(33)19-13-15-20(16-14-19)28(2,3)4/h5-17,29H,1-4H3. The molecule has 5 aromatic rings. The maximum absolute atomic E-state index is 13.2. The lowest BCUT2D eigenvalue weighted by molar-refractivity contribution is 0.108. The fourth-order valence-corrected chi connectivity index (χ4v) is 4.82. The molecule has 0 radical (unpaired) electrons. The van der Waals surface area contributed by atoms with E-state index in [2.05, 4.69) is 55.0 Å². The fraction of sp³-hybridized carbons (Fsp3) is 0.179. The predicted molar refractivity (Wildman–Crippen MR) is 139 cm³/mol. The molecule has 1 N–H and O–H groups in total. The SMILES string of the molecule is Cc1ccccc1-n1c(SC(=O)c2ccc(C(C)(C)C)cc2)nnc1-c1c[nH]c2ccccc12. The molecule has 6 heteroatoms. The minimum atomic E-state index is -0.0619. The summed E-state index contributed by atoms with van der Waals surface area (Å²) < 4.78 is 1.98. The molecule has 0 fully saturated rings. The second-order valence-electron chi connectivity index (χ2n) is 9.39. The van der Waals surface area contributed by atoms with Gasteiger partial charge < -0.3 is 4.98 Å². The van der Waals surface area contributed by atoms with Crippen molar-refractivity contribution in [2.45, 2.75) is 38.3 Å². The Kier molecular flexibility index (Phi) is 5.62. The number of aryl methyl sites for hydroxylation is 1. The van der Waals surface area contributed by atoms with E-state index in [-0.39, 0.29) is 10.5 Å². The molecule has 34 heavy (non-hydrogen) atoms. The summed E-state index contributed by atoms with van der Waals surface area (Å²) in [7, 11) is 0. The third-order valence-corrected chi connectivity index (χ3v) is 6.86. The van der Waals surface area contributed by atoms with Crippen LogP contribution in [0, 0.1) is 6.92 Å². The van der Waals surface area contributed by atoms with Crippen molar-refractivity contribution in [3.8, 4) is 17.1 Å². The normalized spacial score (nSPS) is 11.8. The molecular formula is C28H26N4OS. The van der Waals surface area contributed by atoms with Gasteiger partial charge >= 0.3 is 0 Å². The smallest absolute Gasteiger partial charge is 0.227 e. The molecule has 0 saturated heterocycles. The molecule has 0 saturated carbocycles. The third-order valence-electron chi connectivity index (χ3n) is 5.99. The summed E-state index contributed by atoms with van der Waals surface area (Å²) >= 11 is 1.10. The first kappa shape index (κ1) is 22.2. The molecule has 0 atom stereocenters. The van der Waals surface area contributed by atoms with E-state index in [0.717, 1.165) is 39.5 Å². The van der Waals surface area contributed by atoms with Crippen molar-refractivity contribution in [2.75, 3.05) is 0 Å². The molecule has 2 heterocycles. The number of H-pyrrole nitrogens is 1. The summed E-state index contributed by atoms with van der Waals surface area (Å²) in [6.45, 7) is 8.54. The highest BCUT2D eigenvalue weighted by atomic mass is 32.2. The minimum absolute atomic E-state index is 0.0357. The number of thioether (sulfide) groups is 1. The van der Waals surface area contributed by atoms with Crippen LogP contribution in [0.4, 0.5) is 0 Å². The molecule has 170 valence electrons. The number of carbonyl (C=O) groups is 1. The van der Waals surface area contributed by atoms with Gasteiger partial charge in [0.2, 0.25) is 10.3 Å². The van der Waals surface area contributed by atoms with E-state index >= 15 is 0 Å². The quantitative estimate of drug-likeness (QED) is 0.291. The summed E-state index contributed by atoms with van der Waals surface area (Å²) in [6.07, 6.45) is 1.95. The summed E-state index contributed by atoms with van der Waals surface area (Å²) in [5.74, 6) is 0.699. The molecule has 0 aliphatic rings. The van der Waals surface area contributed by atoms with Gasteiger partial charge in [-0.05, 0) is 47.4 Å². The molecule has 0 amide bonds. The van der Waals surface area contributed by atoms with Crippen molar-refractivity contribution in [3.63, 3.8) is 0 Å². The number of hydrogen-bond donors (Lipinski definition) is 1. The zero-order valence-electron chi connectivity index (χ0n) is 19.7. The van der Waals surface area contributed by atoms with Gasteiger partial charge in [0.15, 0.2) is 5.82 Å². The largest absolute Gasteiger partial charge is 0.360 e. The summed E-state index contributed by atoms with van der Waals surface area (Å²) in [5, 5.41) is 10.5. The zero-order chi connectivity index (χ0) is 23.9. The molecule has 0 spiro atoms. The van der Waals surface area contributed by atoms with Crippen LogP contribution in [0.2, 0.25) is 0 Å². The molecule has 2 aromatic heterocycles. The van der Waals surface area contributed by atoms with Crippen LogP contribution in [0.15, 0.2) is 84.1 Å². The molecule has 0 aliphatic carbocycles. The summed E-state index contributed by atoms with van der Waals surface area (Å²) in [6, 6.07) is 24.0. The number of benzene rings is 3. The van der Waals surface area contributed by atoms with Crippen LogP contribution in [0.5, 0.6) is 0 Å². The maximum Gasteiger partial charge on any atom is 0.227 e. The Bertz CT molecular complexity index is 1490. The molecular weight excluding hydrogens is 440 g/mol. The van der Waals surface area contributed by atoms with E-state index < -0.39 is 0 Å². The second kappa shape index (κ2) is 8.61. The van der Waals surface area contributed by atoms with Crippen LogP contribution in [-0.2, 0) is 5.41 Å². The number of carbonyl (C=O) groups excluding carboxylic acids is 1. The van der Waals surface area contributed by atoms with Crippen molar-refractivity contribution in [3.05, 3.63) is 95.7 Å². The van der Waals surface area contributed by atoms with Crippen LogP contribution in [0.25, 0.3) is 28.0 Å². The number of para-hydroxylation sites is 2. The lowest BCUT2D eigenvalue weighted by atomic mass is 9.87. The van der Waals surface area contributed by atoms with Gasteiger partial charge in [0, 0.05) is 28.2 Å². The van der Waals surface area contributed by atoms with Crippen LogP contribution >= 0.6 is 11.8 Å². The maximum atomic E-state index is 13.2. The van der Waals surface area contributed by atoms with Gasteiger partial charge in [-0.15, -0.1) is 10.2 Å². The van der Waals surface area contributed by atoms with Crippen LogP contribution in [0.1, 0.15) is 42.3 Å². The zero-order valence-corrected chi connectivity index (χ0v) is 20.5. The van der Waals surface area contributed by atoms with Crippen LogP contribution < -0.4 is 0 Å². The van der Waals surface area contributed by atoms with Gasteiger partial charge in [-0.25, -0.2) is 0 Å². The van der Waals surface area contributed by atoms with Gasteiger partial charge in [0.05, 0.1) is 5.69 Å². The highest BCUT2D eigenvalue weighted by molar-refractivity contribution is 8.14. The van der Waals surface area contributed by atoms with E-state index in [9.17, 15) is 4.79 Å². The van der Waals surface area contributed by atoms with Gasteiger partial charge in [0.1, 0.15) is 0 Å². The Morgan fingerprint density at radius 3 is 2.35 bits per heavy atom. The van der Waals surface area contributed by atoms with Crippen LogP contribution in [-0.4, -0.2) is 24.9 Å². The molecule has 0 unspecified atom stereocenters. The first-order valence-corrected chi connectivity index (χ1v) is 12.1. The number of rotatable bonds is 4. The van der Waals surface area contributed by atoms with E-state index in [0.29, 0.717) is 16.5 Å². The predicted octanol–water partition coefficient (Wildman–Crippen LogP) is 6.95. The molecule has 5 rings (SSSR count). The Morgan fingerprint density at radius 2 is 1.62 bits per heavy atom. The van der Waals surface area contributed by atoms with Gasteiger partial charge in [-0.2, -0.15) is 0 Å². The van der Waals surface area contributed by atoms with Crippen molar-refractivity contribution < 1.29 is 4.79 Å². The lowest BCUT2D eigenvalue weighted by Crippen LogP contribution is -2.11.